The van der Waals surface area contributed by atoms with E-state index in [0.717, 1.165) is 18.4 Å². The van der Waals surface area contributed by atoms with Crippen LogP contribution in [0.1, 0.15) is 29.8 Å². The van der Waals surface area contributed by atoms with Crippen LogP contribution in [0.25, 0.3) is 11.3 Å². The number of H-pyrrole nitrogens is 1. The maximum atomic E-state index is 12.8. The number of carbonyl (C=O) groups excluding carboxylic acids is 2. The molecule has 1 unspecified atom stereocenters. The quantitative estimate of drug-likeness (QED) is 0.866. The minimum atomic E-state index is -0.529. The van der Waals surface area contributed by atoms with Crippen molar-refractivity contribution in [2.45, 2.75) is 25.3 Å². The number of piperidine rings is 1. The largest absolute Gasteiger partial charge is 0.467 e. The molecule has 1 atom stereocenters. The summed E-state index contributed by atoms with van der Waals surface area (Å²) in [4.78, 5) is 26.2. The summed E-state index contributed by atoms with van der Waals surface area (Å²) in [5, 5.41) is 7.60. The van der Waals surface area contributed by atoms with Crippen molar-refractivity contribution < 1.29 is 14.3 Å². The molecule has 6 nitrogen and oxygen atoms in total. The topological polar surface area (TPSA) is 75.3 Å². The molecular formula is C17H18ClN3O3. The molecule has 0 bridgehead atoms. The Hall–Kier alpha value is -2.34. The smallest absolute Gasteiger partial charge is 0.328 e. The third-order valence-electron chi connectivity index (χ3n) is 4.19. The van der Waals surface area contributed by atoms with Crippen LogP contribution >= 0.6 is 11.6 Å². The highest BCUT2D eigenvalue weighted by molar-refractivity contribution is 6.30. The molecule has 0 radical (unpaired) electrons. The normalized spacial score (nSPS) is 17.6. The summed E-state index contributed by atoms with van der Waals surface area (Å²) in [5.74, 6) is -0.613. The highest BCUT2D eigenvalue weighted by Gasteiger charge is 2.34. The Morgan fingerprint density at radius 2 is 2.04 bits per heavy atom. The minimum absolute atomic E-state index is 0.238. The van der Waals surface area contributed by atoms with Crippen molar-refractivity contribution in [2.75, 3.05) is 13.7 Å². The van der Waals surface area contributed by atoms with Crippen LogP contribution in [0, 0.1) is 0 Å². The molecule has 0 aliphatic carbocycles. The summed E-state index contributed by atoms with van der Waals surface area (Å²) in [7, 11) is 1.34. The predicted molar refractivity (Wildman–Crippen MR) is 89.7 cm³/mol. The fourth-order valence-corrected chi connectivity index (χ4v) is 3.04. The number of rotatable bonds is 3. The van der Waals surface area contributed by atoms with E-state index in [1.54, 1.807) is 23.1 Å². The van der Waals surface area contributed by atoms with E-state index in [9.17, 15) is 9.59 Å². The van der Waals surface area contributed by atoms with E-state index in [2.05, 4.69) is 10.2 Å². The molecule has 1 N–H and O–H groups in total. The van der Waals surface area contributed by atoms with Gasteiger partial charge in [0, 0.05) is 17.1 Å². The molecule has 24 heavy (non-hydrogen) atoms. The number of benzene rings is 1. The molecular weight excluding hydrogens is 330 g/mol. The van der Waals surface area contributed by atoms with Gasteiger partial charge >= 0.3 is 5.97 Å². The van der Waals surface area contributed by atoms with Gasteiger partial charge in [-0.2, -0.15) is 5.10 Å². The lowest BCUT2D eigenvalue weighted by Gasteiger charge is -2.33. The van der Waals surface area contributed by atoms with Gasteiger partial charge in [0.05, 0.1) is 12.8 Å². The number of aromatic nitrogens is 2. The first-order chi connectivity index (χ1) is 11.6. The van der Waals surface area contributed by atoms with Crippen LogP contribution in [0.3, 0.4) is 0 Å². The Labute approximate surface area is 144 Å². The van der Waals surface area contributed by atoms with Gasteiger partial charge < -0.3 is 9.64 Å². The van der Waals surface area contributed by atoms with Gasteiger partial charge in [0.1, 0.15) is 11.7 Å². The van der Waals surface area contributed by atoms with E-state index in [0.29, 0.717) is 29.4 Å². The predicted octanol–water partition coefficient (Wildman–Crippen LogP) is 2.90. The number of ether oxygens (including phenoxy) is 1. The van der Waals surface area contributed by atoms with Crippen molar-refractivity contribution in [3.05, 3.63) is 41.0 Å². The molecule has 1 aromatic carbocycles. The number of likely N-dealkylation sites (tertiary alicyclic amines) is 1. The second-order valence-corrected chi connectivity index (χ2v) is 6.14. The number of aromatic amines is 1. The van der Waals surface area contributed by atoms with E-state index in [4.69, 9.17) is 16.3 Å². The van der Waals surface area contributed by atoms with Crippen LogP contribution in [0.4, 0.5) is 0 Å². The number of esters is 1. The molecule has 1 amide bonds. The minimum Gasteiger partial charge on any atom is -0.467 e. The number of amides is 1. The van der Waals surface area contributed by atoms with Gasteiger partial charge in [0.25, 0.3) is 5.91 Å². The van der Waals surface area contributed by atoms with Crippen LogP contribution in [-0.4, -0.2) is 46.7 Å². The standard InChI is InChI=1S/C17H18ClN3O3/c1-24-17(23)15-4-2-3-9-21(15)16(22)14-10-13(19-20-14)11-5-7-12(18)8-6-11/h5-8,10,15H,2-4,9H2,1H3,(H,19,20). The highest BCUT2D eigenvalue weighted by Crippen LogP contribution is 2.23. The van der Waals surface area contributed by atoms with Crippen molar-refractivity contribution in [1.29, 1.82) is 0 Å². The highest BCUT2D eigenvalue weighted by atomic mass is 35.5. The number of nitrogens with one attached hydrogen (secondary N) is 1. The number of hydrogen-bond acceptors (Lipinski definition) is 4. The SMILES string of the molecule is COC(=O)C1CCCCN1C(=O)c1cc(-c2ccc(Cl)cc2)n[nH]1. The fraction of sp³-hybridized carbons (Fsp3) is 0.353. The number of hydrogen-bond donors (Lipinski definition) is 1. The lowest BCUT2D eigenvalue weighted by atomic mass is 10.0. The van der Waals surface area contributed by atoms with Gasteiger partial charge in [0.2, 0.25) is 0 Å². The Balaban J connectivity index is 1.82. The summed E-state index contributed by atoms with van der Waals surface area (Å²) in [5.41, 5.74) is 1.87. The lowest BCUT2D eigenvalue weighted by Crippen LogP contribution is -2.48. The summed E-state index contributed by atoms with van der Waals surface area (Å²) in [6.45, 7) is 0.536. The van der Waals surface area contributed by atoms with Crippen LogP contribution in [0.5, 0.6) is 0 Å². The average molecular weight is 348 g/mol. The number of nitrogens with zero attached hydrogens (tertiary/aromatic N) is 2. The van der Waals surface area contributed by atoms with Gasteiger partial charge in [-0.1, -0.05) is 23.7 Å². The Morgan fingerprint density at radius 3 is 2.75 bits per heavy atom. The molecule has 2 aromatic rings. The van der Waals surface area contributed by atoms with Crippen molar-refractivity contribution >= 4 is 23.5 Å². The van der Waals surface area contributed by atoms with E-state index in [1.807, 2.05) is 12.1 Å². The molecule has 1 saturated heterocycles. The number of carbonyl (C=O) groups is 2. The summed E-state index contributed by atoms with van der Waals surface area (Å²) in [6, 6.07) is 8.37. The van der Waals surface area contributed by atoms with E-state index < -0.39 is 6.04 Å². The zero-order valence-corrected chi connectivity index (χ0v) is 14.0. The Morgan fingerprint density at radius 1 is 1.29 bits per heavy atom. The van der Waals surface area contributed by atoms with Crippen LogP contribution in [0.2, 0.25) is 5.02 Å². The first kappa shape index (κ1) is 16.5. The fourth-order valence-electron chi connectivity index (χ4n) is 2.91. The van der Waals surface area contributed by atoms with E-state index in [-0.39, 0.29) is 11.9 Å². The monoisotopic (exact) mass is 347 g/mol. The zero-order valence-electron chi connectivity index (χ0n) is 13.3. The average Bonchev–Trinajstić information content (AvgIpc) is 3.11. The molecule has 1 fully saturated rings. The molecule has 2 heterocycles. The Bertz CT molecular complexity index is 742. The molecule has 3 rings (SSSR count). The first-order valence-electron chi connectivity index (χ1n) is 7.80. The Kier molecular flexibility index (Phi) is 4.85. The lowest BCUT2D eigenvalue weighted by molar-refractivity contribution is -0.147. The van der Waals surface area contributed by atoms with E-state index >= 15 is 0 Å². The van der Waals surface area contributed by atoms with Crippen LogP contribution in [0.15, 0.2) is 30.3 Å². The van der Waals surface area contributed by atoms with Gasteiger partial charge in [-0.15, -0.1) is 0 Å². The van der Waals surface area contributed by atoms with Gasteiger partial charge in [-0.05, 0) is 37.5 Å². The second-order valence-electron chi connectivity index (χ2n) is 5.71. The molecule has 0 saturated carbocycles. The van der Waals surface area contributed by atoms with Crippen molar-refractivity contribution in [2.24, 2.45) is 0 Å². The second kappa shape index (κ2) is 7.05. The number of methoxy groups -OCH3 is 1. The van der Waals surface area contributed by atoms with E-state index in [1.165, 1.54) is 7.11 Å². The van der Waals surface area contributed by atoms with Crippen molar-refractivity contribution in [1.82, 2.24) is 15.1 Å². The van der Waals surface area contributed by atoms with Gasteiger partial charge in [-0.3, -0.25) is 9.89 Å². The summed E-state index contributed by atoms with van der Waals surface area (Å²) < 4.78 is 4.82. The maximum Gasteiger partial charge on any atom is 0.328 e. The van der Waals surface area contributed by atoms with Crippen LogP contribution in [-0.2, 0) is 9.53 Å². The zero-order chi connectivity index (χ0) is 17.1. The van der Waals surface area contributed by atoms with Crippen molar-refractivity contribution in [3.8, 4) is 11.3 Å². The number of halogens is 1. The summed E-state index contributed by atoms with van der Waals surface area (Å²) in [6.07, 6.45) is 2.40. The third-order valence-corrected chi connectivity index (χ3v) is 4.44. The van der Waals surface area contributed by atoms with Crippen molar-refractivity contribution in [3.63, 3.8) is 0 Å². The molecule has 1 aliphatic rings. The summed E-state index contributed by atoms with van der Waals surface area (Å²) >= 11 is 5.88. The molecule has 126 valence electrons. The first-order valence-corrected chi connectivity index (χ1v) is 8.18. The maximum absolute atomic E-state index is 12.8. The molecule has 1 aromatic heterocycles. The molecule has 1 aliphatic heterocycles. The third kappa shape index (κ3) is 3.28. The molecule has 0 spiro atoms. The van der Waals surface area contributed by atoms with Gasteiger partial charge in [-0.25, -0.2) is 4.79 Å². The molecule has 7 heteroatoms. The van der Waals surface area contributed by atoms with Gasteiger partial charge in [0.15, 0.2) is 0 Å². The van der Waals surface area contributed by atoms with Crippen LogP contribution < -0.4 is 0 Å².